The van der Waals surface area contributed by atoms with Gasteiger partial charge in [-0.25, -0.2) is 0 Å². The highest BCUT2D eigenvalue weighted by Crippen LogP contribution is 2.31. The number of phenols is 1. The summed E-state index contributed by atoms with van der Waals surface area (Å²) in [5.41, 5.74) is 3.44. The standard InChI is InChI=1S/C26H36N2O2/c1-2-3-4-6-12-24(27-26(30)20-21-14-16-22(29)17-15-21)23-11-7-8-13-25(23)28-18-9-5-10-19-28/h7-8,11,13-17,24,29H,2-6,9-10,12,18-20H2,1H3,(H,27,30). The molecule has 1 atom stereocenters. The van der Waals surface area contributed by atoms with Crippen molar-refractivity contribution in [3.63, 3.8) is 0 Å². The van der Waals surface area contributed by atoms with Crippen molar-refractivity contribution >= 4 is 11.6 Å². The summed E-state index contributed by atoms with van der Waals surface area (Å²) in [6.45, 7) is 4.42. The molecule has 0 spiro atoms. The van der Waals surface area contributed by atoms with Crippen molar-refractivity contribution in [2.24, 2.45) is 0 Å². The summed E-state index contributed by atoms with van der Waals surface area (Å²) in [5, 5.41) is 12.8. The molecule has 0 aromatic heterocycles. The second kappa shape index (κ2) is 11.6. The Hall–Kier alpha value is -2.49. The summed E-state index contributed by atoms with van der Waals surface area (Å²) in [6, 6.07) is 15.5. The number of piperidine rings is 1. The molecule has 0 radical (unpaired) electrons. The number of para-hydroxylation sites is 1. The zero-order chi connectivity index (χ0) is 21.2. The van der Waals surface area contributed by atoms with E-state index in [9.17, 15) is 9.90 Å². The fourth-order valence-electron chi connectivity index (χ4n) is 4.33. The fourth-order valence-corrected chi connectivity index (χ4v) is 4.33. The van der Waals surface area contributed by atoms with Gasteiger partial charge in [-0.05, 0) is 55.0 Å². The first-order chi connectivity index (χ1) is 14.7. The molecule has 1 aliphatic rings. The number of aromatic hydroxyl groups is 1. The van der Waals surface area contributed by atoms with Gasteiger partial charge in [0.2, 0.25) is 5.91 Å². The van der Waals surface area contributed by atoms with E-state index in [1.807, 2.05) is 12.1 Å². The van der Waals surface area contributed by atoms with Crippen molar-refractivity contribution in [3.05, 3.63) is 59.7 Å². The Kier molecular flexibility index (Phi) is 8.61. The smallest absolute Gasteiger partial charge is 0.224 e. The van der Waals surface area contributed by atoms with Gasteiger partial charge in [0.25, 0.3) is 0 Å². The molecule has 4 nitrogen and oxygen atoms in total. The van der Waals surface area contributed by atoms with E-state index >= 15 is 0 Å². The van der Waals surface area contributed by atoms with Crippen molar-refractivity contribution in [1.82, 2.24) is 5.32 Å². The molecule has 0 aliphatic carbocycles. The Morgan fingerprint density at radius 3 is 2.47 bits per heavy atom. The zero-order valence-corrected chi connectivity index (χ0v) is 18.3. The monoisotopic (exact) mass is 408 g/mol. The second-order valence-corrected chi connectivity index (χ2v) is 8.42. The van der Waals surface area contributed by atoms with E-state index in [-0.39, 0.29) is 17.7 Å². The summed E-state index contributed by atoms with van der Waals surface area (Å²) in [5.74, 6) is 0.262. The third kappa shape index (κ3) is 6.51. The number of nitrogens with one attached hydrogen (secondary N) is 1. The molecule has 1 heterocycles. The van der Waals surface area contributed by atoms with Crippen molar-refractivity contribution < 1.29 is 9.90 Å². The molecular weight excluding hydrogens is 372 g/mol. The normalized spacial score (nSPS) is 15.0. The molecule has 2 aromatic carbocycles. The van der Waals surface area contributed by atoms with Crippen LogP contribution in [0.5, 0.6) is 5.75 Å². The van der Waals surface area contributed by atoms with Crippen LogP contribution in [0.4, 0.5) is 5.69 Å². The number of rotatable bonds is 10. The number of benzene rings is 2. The van der Waals surface area contributed by atoms with E-state index in [1.165, 1.54) is 49.8 Å². The zero-order valence-electron chi connectivity index (χ0n) is 18.3. The van der Waals surface area contributed by atoms with Gasteiger partial charge in [0.05, 0.1) is 12.5 Å². The van der Waals surface area contributed by atoms with Gasteiger partial charge in [-0.15, -0.1) is 0 Å². The fraction of sp³-hybridized carbons (Fsp3) is 0.500. The molecule has 1 saturated heterocycles. The van der Waals surface area contributed by atoms with Gasteiger partial charge < -0.3 is 15.3 Å². The molecule has 162 valence electrons. The minimum absolute atomic E-state index is 0.0320. The van der Waals surface area contributed by atoms with Crippen LogP contribution in [-0.2, 0) is 11.2 Å². The lowest BCUT2D eigenvalue weighted by Gasteiger charge is -2.33. The summed E-state index contributed by atoms with van der Waals surface area (Å²) in [6.07, 6.45) is 9.85. The molecular formula is C26H36N2O2. The Labute approximate surface area is 181 Å². The lowest BCUT2D eigenvalue weighted by atomic mass is 9.96. The van der Waals surface area contributed by atoms with Crippen LogP contribution in [0.2, 0.25) is 0 Å². The maximum Gasteiger partial charge on any atom is 0.224 e. The number of carbonyl (C=O) groups excluding carboxylic acids is 1. The number of hydrogen-bond acceptors (Lipinski definition) is 3. The Morgan fingerprint density at radius 2 is 1.73 bits per heavy atom. The highest BCUT2D eigenvalue weighted by atomic mass is 16.3. The first kappa shape index (κ1) is 22.2. The molecule has 4 heteroatoms. The Morgan fingerprint density at radius 1 is 1.00 bits per heavy atom. The van der Waals surface area contributed by atoms with Crippen molar-refractivity contribution in [3.8, 4) is 5.75 Å². The van der Waals surface area contributed by atoms with Gasteiger partial charge in [-0.3, -0.25) is 4.79 Å². The van der Waals surface area contributed by atoms with Gasteiger partial charge in [0.15, 0.2) is 0 Å². The molecule has 1 amide bonds. The van der Waals surface area contributed by atoms with Crippen LogP contribution < -0.4 is 10.2 Å². The Bertz CT molecular complexity index is 782. The van der Waals surface area contributed by atoms with Crippen LogP contribution in [0, 0.1) is 0 Å². The van der Waals surface area contributed by atoms with E-state index in [1.54, 1.807) is 12.1 Å². The van der Waals surface area contributed by atoms with Crippen LogP contribution in [0.25, 0.3) is 0 Å². The van der Waals surface area contributed by atoms with Crippen LogP contribution in [-0.4, -0.2) is 24.1 Å². The molecule has 0 bridgehead atoms. The predicted molar refractivity (Wildman–Crippen MR) is 124 cm³/mol. The lowest BCUT2D eigenvalue weighted by Crippen LogP contribution is -2.34. The van der Waals surface area contributed by atoms with Crippen molar-refractivity contribution in [2.75, 3.05) is 18.0 Å². The van der Waals surface area contributed by atoms with Gasteiger partial charge >= 0.3 is 0 Å². The quantitative estimate of drug-likeness (QED) is 0.492. The highest BCUT2D eigenvalue weighted by molar-refractivity contribution is 5.79. The summed E-state index contributed by atoms with van der Waals surface area (Å²) in [4.78, 5) is 15.4. The van der Waals surface area contributed by atoms with Crippen LogP contribution in [0.3, 0.4) is 0 Å². The molecule has 1 unspecified atom stereocenters. The second-order valence-electron chi connectivity index (χ2n) is 8.42. The third-order valence-corrected chi connectivity index (χ3v) is 5.99. The maximum absolute atomic E-state index is 12.9. The number of amides is 1. The van der Waals surface area contributed by atoms with E-state index in [4.69, 9.17) is 0 Å². The molecule has 2 N–H and O–H groups in total. The average molecular weight is 409 g/mol. The number of unbranched alkanes of at least 4 members (excludes halogenated alkanes) is 3. The molecule has 2 aromatic rings. The first-order valence-corrected chi connectivity index (χ1v) is 11.6. The number of hydrogen-bond donors (Lipinski definition) is 2. The van der Waals surface area contributed by atoms with Crippen LogP contribution in [0.15, 0.2) is 48.5 Å². The summed E-state index contributed by atoms with van der Waals surface area (Å²) >= 11 is 0. The maximum atomic E-state index is 12.9. The number of phenolic OH excluding ortho intramolecular Hbond substituents is 1. The molecule has 3 rings (SSSR count). The molecule has 30 heavy (non-hydrogen) atoms. The molecule has 1 aliphatic heterocycles. The predicted octanol–water partition coefficient (Wildman–Crippen LogP) is 5.75. The molecule has 1 fully saturated rings. The lowest BCUT2D eigenvalue weighted by molar-refractivity contribution is -0.121. The molecule has 0 saturated carbocycles. The van der Waals surface area contributed by atoms with Gasteiger partial charge in [-0.2, -0.15) is 0 Å². The van der Waals surface area contributed by atoms with Crippen LogP contribution >= 0.6 is 0 Å². The topological polar surface area (TPSA) is 52.6 Å². The largest absolute Gasteiger partial charge is 0.508 e. The number of anilines is 1. The minimum atomic E-state index is 0.0320. The van der Waals surface area contributed by atoms with Gasteiger partial charge in [-0.1, -0.05) is 62.9 Å². The van der Waals surface area contributed by atoms with Gasteiger partial charge in [0.1, 0.15) is 5.75 Å². The highest BCUT2D eigenvalue weighted by Gasteiger charge is 2.21. The Balaban J connectivity index is 1.74. The van der Waals surface area contributed by atoms with E-state index in [0.29, 0.717) is 6.42 Å². The third-order valence-electron chi connectivity index (χ3n) is 5.99. The minimum Gasteiger partial charge on any atom is -0.508 e. The first-order valence-electron chi connectivity index (χ1n) is 11.6. The average Bonchev–Trinajstić information content (AvgIpc) is 2.78. The van der Waals surface area contributed by atoms with Crippen LogP contribution in [0.1, 0.15) is 75.5 Å². The van der Waals surface area contributed by atoms with Gasteiger partial charge in [0, 0.05) is 18.8 Å². The number of carbonyl (C=O) groups is 1. The summed E-state index contributed by atoms with van der Waals surface area (Å²) < 4.78 is 0. The van der Waals surface area contributed by atoms with E-state index < -0.39 is 0 Å². The SMILES string of the molecule is CCCCCCC(NC(=O)Cc1ccc(O)cc1)c1ccccc1N1CCCCC1. The van der Waals surface area contributed by atoms with Crippen molar-refractivity contribution in [2.45, 2.75) is 70.8 Å². The van der Waals surface area contributed by atoms with Crippen molar-refractivity contribution in [1.29, 1.82) is 0 Å². The van der Waals surface area contributed by atoms with E-state index in [0.717, 1.165) is 31.5 Å². The summed E-state index contributed by atoms with van der Waals surface area (Å²) in [7, 11) is 0. The number of nitrogens with zero attached hydrogens (tertiary/aromatic N) is 1. The van der Waals surface area contributed by atoms with E-state index in [2.05, 4.69) is 41.4 Å².